The highest BCUT2D eigenvalue weighted by molar-refractivity contribution is 5.87. The number of phenols is 1. The summed E-state index contributed by atoms with van der Waals surface area (Å²) in [5.74, 6) is 0.259. The Morgan fingerprint density at radius 1 is 0.941 bits per heavy atom. The summed E-state index contributed by atoms with van der Waals surface area (Å²) in [5, 5.41) is 21.6. The lowest BCUT2D eigenvalue weighted by Gasteiger charge is -2.09. The molecule has 0 bridgehead atoms. The molecule has 0 unspecified atom stereocenters. The molecule has 1 heterocycles. The summed E-state index contributed by atoms with van der Waals surface area (Å²) >= 11 is 0. The van der Waals surface area contributed by atoms with Crippen molar-refractivity contribution in [1.29, 1.82) is 0 Å². The third-order valence-electron chi connectivity index (χ3n) is 2.82. The molecule has 0 amide bonds. The molecular formula is C14H10NO2-. The number of aromatic nitrogens is 1. The first-order valence-corrected chi connectivity index (χ1v) is 5.32. The van der Waals surface area contributed by atoms with Gasteiger partial charge in [-0.15, -0.1) is 0 Å². The standard InChI is InChI=1S/C14H11NO2/c16-11-6-4-10(5-7-11)15-9-8-12-13(15)2-1-3-14(12)17/h1-9,16-17H/p-1. The van der Waals surface area contributed by atoms with Gasteiger partial charge in [0.1, 0.15) is 5.75 Å². The molecule has 2 aromatic carbocycles. The summed E-state index contributed by atoms with van der Waals surface area (Å²) in [4.78, 5) is 0. The third-order valence-corrected chi connectivity index (χ3v) is 2.82. The van der Waals surface area contributed by atoms with E-state index in [1.54, 1.807) is 24.3 Å². The molecule has 0 radical (unpaired) electrons. The van der Waals surface area contributed by atoms with Gasteiger partial charge in [-0.05, 0) is 41.8 Å². The second kappa shape index (κ2) is 3.56. The molecule has 17 heavy (non-hydrogen) atoms. The van der Waals surface area contributed by atoms with Crippen LogP contribution in [0.1, 0.15) is 0 Å². The van der Waals surface area contributed by atoms with Crippen molar-refractivity contribution in [3.05, 3.63) is 54.7 Å². The van der Waals surface area contributed by atoms with Gasteiger partial charge < -0.3 is 14.8 Å². The van der Waals surface area contributed by atoms with E-state index in [9.17, 15) is 10.2 Å². The zero-order chi connectivity index (χ0) is 11.8. The number of nitrogens with zero attached hydrogens (tertiary/aromatic N) is 1. The topological polar surface area (TPSA) is 48.2 Å². The van der Waals surface area contributed by atoms with Crippen LogP contribution in [0, 0.1) is 0 Å². The van der Waals surface area contributed by atoms with Crippen molar-refractivity contribution in [3.8, 4) is 17.2 Å². The normalized spacial score (nSPS) is 10.8. The quantitative estimate of drug-likeness (QED) is 0.690. The minimum absolute atomic E-state index is 0.0278. The van der Waals surface area contributed by atoms with Crippen molar-refractivity contribution in [3.63, 3.8) is 0 Å². The number of benzene rings is 2. The van der Waals surface area contributed by atoms with Crippen molar-refractivity contribution in [2.24, 2.45) is 0 Å². The zero-order valence-electron chi connectivity index (χ0n) is 9.00. The van der Waals surface area contributed by atoms with Gasteiger partial charge in [-0.2, -0.15) is 0 Å². The fraction of sp³-hybridized carbons (Fsp3) is 0. The van der Waals surface area contributed by atoms with Crippen LogP contribution in [0.5, 0.6) is 11.5 Å². The molecule has 0 aliphatic carbocycles. The number of hydrogen-bond acceptors (Lipinski definition) is 2. The molecule has 0 aliphatic heterocycles. The molecule has 3 aromatic rings. The van der Waals surface area contributed by atoms with Crippen LogP contribution in [0.3, 0.4) is 0 Å². The number of aromatic hydroxyl groups is 1. The molecule has 3 heteroatoms. The molecular weight excluding hydrogens is 214 g/mol. The van der Waals surface area contributed by atoms with E-state index in [0.29, 0.717) is 5.39 Å². The molecule has 1 N–H and O–H groups in total. The number of phenolic OH excluding ortho intramolecular Hbond substituents is 1. The Morgan fingerprint density at radius 3 is 2.47 bits per heavy atom. The summed E-state index contributed by atoms with van der Waals surface area (Å²) < 4.78 is 1.93. The lowest BCUT2D eigenvalue weighted by atomic mass is 10.2. The Hall–Kier alpha value is -2.42. The highest BCUT2D eigenvalue weighted by Gasteiger charge is 2.02. The second-order valence-corrected chi connectivity index (χ2v) is 3.89. The fourth-order valence-corrected chi connectivity index (χ4v) is 1.98. The SMILES string of the molecule is [O-]c1cccc2c1ccn2-c1ccc(O)cc1. The lowest BCUT2D eigenvalue weighted by Crippen LogP contribution is -1.93. The van der Waals surface area contributed by atoms with Crippen LogP contribution < -0.4 is 5.11 Å². The van der Waals surface area contributed by atoms with Crippen molar-refractivity contribution in [2.75, 3.05) is 0 Å². The summed E-state index contributed by atoms with van der Waals surface area (Å²) in [6.07, 6.45) is 1.86. The van der Waals surface area contributed by atoms with Gasteiger partial charge >= 0.3 is 0 Å². The average molecular weight is 224 g/mol. The van der Waals surface area contributed by atoms with Crippen LogP contribution in [0.2, 0.25) is 0 Å². The maximum atomic E-state index is 11.6. The van der Waals surface area contributed by atoms with Gasteiger partial charge in [0.05, 0.1) is 5.52 Å². The highest BCUT2D eigenvalue weighted by Crippen LogP contribution is 2.26. The average Bonchev–Trinajstić information content (AvgIpc) is 2.75. The van der Waals surface area contributed by atoms with Crippen molar-refractivity contribution < 1.29 is 10.2 Å². The van der Waals surface area contributed by atoms with Gasteiger partial charge in [-0.25, -0.2) is 0 Å². The van der Waals surface area contributed by atoms with E-state index in [1.807, 2.05) is 35.0 Å². The molecule has 0 saturated heterocycles. The highest BCUT2D eigenvalue weighted by atomic mass is 16.3. The monoisotopic (exact) mass is 224 g/mol. The summed E-state index contributed by atoms with van der Waals surface area (Å²) in [6.45, 7) is 0. The molecule has 0 spiro atoms. The van der Waals surface area contributed by atoms with Crippen LogP contribution in [-0.2, 0) is 0 Å². The van der Waals surface area contributed by atoms with Crippen LogP contribution in [-0.4, -0.2) is 9.67 Å². The maximum absolute atomic E-state index is 11.6. The van der Waals surface area contributed by atoms with Crippen molar-refractivity contribution in [1.82, 2.24) is 4.57 Å². The molecule has 0 saturated carbocycles. The van der Waals surface area contributed by atoms with Crippen LogP contribution in [0.4, 0.5) is 0 Å². The first kappa shape index (κ1) is 9.78. The molecule has 84 valence electrons. The summed E-state index contributed by atoms with van der Waals surface area (Å²) in [6, 6.07) is 13.9. The van der Waals surface area contributed by atoms with E-state index >= 15 is 0 Å². The number of rotatable bonds is 1. The van der Waals surface area contributed by atoms with Crippen molar-refractivity contribution >= 4 is 10.9 Å². The first-order valence-electron chi connectivity index (χ1n) is 5.32. The predicted octanol–water partition coefficient (Wildman–Crippen LogP) is 2.41. The van der Waals surface area contributed by atoms with E-state index in [4.69, 9.17) is 0 Å². The summed E-state index contributed by atoms with van der Waals surface area (Å²) in [5.41, 5.74) is 1.80. The molecule has 0 atom stereocenters. The molecule has 0 fully saturated rings. The Balaban J connectivity index is 2.24. The van der Waals surface area contributed by atoms with Gasteiger partial charge in [-0.1, -0.05) is 17.9 Å². The fourth-order valence-electron chi connectivity index (χ4n) is 1.98. The van der Waals surface area contributed by atoms with Crippen molar-refractivity contribution in [2.45, 2.75) is 0 Å². The Morgan fingerprint density at radius 2 is 1.71 bits per heavy atom. The Bertz CT molecular complexity index is 668. The first-order chi connectivity index (χ1) is 8.25. The Kier molecular flexibility index (Phi) is 2.05. The van der Waals surface area contributed by atoms with Gasteiger partial charge in [0.15, 0.2) is 0 Å². The minimum atomic E-state index is 0.0278. The van der Waals surface area contributed by atoms with Gasteiger partial charge in [-0.3, -0.25) is 0 Å². The van der Waals surface area contributed by atoms with Crippen LogP contribution in [0.15, 0.2) is 54.7 Å². The maximum Gasteiger partial charge on any atom is 0.115 e. The van der Waals surface area contributed by atoms with Crippen LogP contribution >= 0.6 is 0 Å². The van der Waals surface area contributed by atoms with Gasteiger partial charge in [0.25, 0.3) is 0 Å². The van der Waals surface area contributed by atoms with Gasteiger partial charge in [0.2, 0.25) is 0 Å². The van der Waals surface area contributed by atoms with E-state index in [0.717, 1.165) is 11.2 Å². The smallest absolute Gasteiger partial charge is 0.115 e. The lowest BCUT2D eigenvalue weighted by molar-refractivity contribution is -0.265. The van der Waals surface area contributed by atoms with Gasteiger partial charge in [0, 0.05) is 11.9 Å². The third kappa shape index (κ3) is 1.52. The van der Waals surface area contributed by atoms with E-state index in [1.165, 1.54) is 0 Å². The predicted molar refractivity (Wildman–Crippen MR) is 64.4 cm³/mol. The Labute approximate surface area is 98.2 Å². The second-order valence-electron chi connectivity index (χ2n) is 3.89. The van der Waals surface area contributed by atoms with E-state index < -0.39 is 0 Å². The minimum Gasteiger partial charge on any atom is -0.872 e. The zero-order valence-corrected chi connectivity index (χ0v) is 9.00. The number of hydrogen-bond donors (Lipinski definition) is 1. The molecule has 0 aliphatic rings. The molecule has 1 aromatic heterocycles. The summed E-state index contributed by atoms with van der Waals surface area (Å²) in [7, 11) is 0. The molecule has 3 rings (SSSR count). The number of fused-ring (bicyclic) bond motifs is 1. The largest absolute Gasteiger partial charge is 0.872 e. The van der Waals surface area contributed by atoms with E-state index in [-0.39, 0.29) is 11.5 Å². The van der Waals surface area contributed by atoms with Crippen LogP contribution in [0.25, 0.3) is 16.6 Å². The molecule has 3 nitrogen and oxygen atoms in total. The van der Waals surface area contributed by atoms with E-state index in [2.05, 4.69) is 0 Å².